The third-order valence-electron chi connectivity index (χ3n) is 3.29. The molecule has 0 bridgehead atoms. The summed E-state index contributed by atoms with van der Waals surface area (Å²) in [5.74, 6) is 1.65. The molecule has 2 aromatic rings. The summed E-state index contributed by atoms with van der Waals surface area (Å²) in [6.45, 7) is 10.7. The van der Waals surface area contributed by atoms with Crippen molar-refractivity contribution in [3.05, 3.63) is 35.7 Å². The van der Waals surface area contributed by atoms with E-state index in [2.05, 4.69) is 4.98 Å². The molecule has 5 heteroatoms. The first kappa shape index (κ1) is 18.7. The molecule has 0 spiro atoms. The van der Waals surface area contributed by atoms with Crippen molar-refractivity contribution in [1.82, 2.24) is 9.88 Å². The summed E-state index contributed by atoms with van der Waals surface area (Å²) in [4.78, 5) is 17.6. The molecule has 0 aliphatic carbocycles. The smallest absolute Gasteiger partial charge is 0.226 e. The minimum atomic E-state index is 0.0554. The zero-order valence-electron chi connectivity index (χ0n) is 14.6. The molecule has 0 fully saturated rings. The van der Waals surface area contributed by atoms with Crippen molar-refractivity contribution in [3.8, 4) is 17.2 Å². The van der Waals surface area contributed by atoms with Gasteiger partial charge < -0.3 is 14.4 Å². The van der Waals surface area contributed by atoms with Gasteiger partial charge in [-0.15, -0.1) is 0 Å². The van der Waals surface area contributed by atoms with Crippen LogP contribution in [0, 0.1) is 0 Å². The molecular weight excluding hydrogens is 292 g/mol. The SMILES string of the molecule is CC.CC.CC(=O)N1CCc2oc(-c3ccc(O)cc3)nc2C1. The quantitative estimate of drug-likeness (QED) is 0.863. The molecule has 0 unspecified atom stereocenters. The van der Waals surface area contributed by atoms with E-state index in [0.29, 0.717) is 25.4 Å². The van der Waals surface area contributed by atoms with Gasteiger partial charge in [0.15, 0.2) is 0 Å². The van der Waals surface area contributed by atoms with E-state index < -0.39 is 0 Å². The average Bonchev–Trinajstić information content (AvgIpc) is 3.02. The van der Waals surface area contributed by atoms with Crippen molar-refractivity contribution in [1.29, 1.82) is 0 Å². The van der Waals surface area contributed by atoms with Crippen molar-refractivity contribution in [2.45, 2.75) is 47.6 Å². The highest BCUT2D eigenvalue weighted by Gasteiger charge is 2.23. The van der Waals surface area contributed by atoms with Gasteiger partial charge in [0, 0.05) is 25.5 Å². The number of aromatic hydroxyl groups is 1. The second-order valence-electron chi connectivity index (χ2n) is 4.63. The van der Waals surface area contributed by atoms with E-state index in [-0.39, 0.29) is 11.7 Å². The molecule has 1 N–H and O–H groups in total. The maximum absolute atomic E-state index is 11.4. The van der Waals surface area contributed by atoms with Crippen molar-refractivity contribution in [3.63, 3.8) is 0 Å². The molecule has 1 aromatic carbocycles. The maximum Gasteiger partial charge on any atom is 0.226 e. The fourth-order valence-corrected chi connectivity index (χ4v) is 2.19. The zero-order chi connectivity index (χ0) is 17.4. The summed E-state index contributed by atoms with van der Waals surface area (Å²) in [7, 11) is 0. The Morgan fingerprint density at radius 1 is 1.17 bits per heavy atom. The number of rotatable bonds is 1. The summed E-state index contributed by atoms with van der Waals surface area (Å²) < 4.78 is 5.73. The first-order valence-electron chi connectivity index (χ1n) is 8.17. The van der Waals surface area contributed by atoms with Crippen LogP contribution in [0.3, 0.4) is 0 Å². The number of nitrogens with zero attached hydrogens (tertiary/aromatic N) is 2. The normalized spacial score (nSPS) is 12.3. The second-order valence-corrected chi connectivity index (χ2v) is 4.63. The monoisotopic (exact) mass is 318 g/mol. The minimum absolute atomic E-state index is 0.0554. The van der Waals surface area contributed by atoms with Crippen LogP contribution in [0.1, 0.15) is 46.1 Å². The van der Waals surface area contributed by atoms with E-state index >= 15 is 0 Å². The van der Waals surface area contributed by atoms with Gasteiger partial charge in [-0.05, 0) is 24.3 Å². The lowest BCUT2D eigenvalue weighted by molar-refractivity contribution is -0.129. The van der Waals surface area contributed by atoms with Crippen molar-refractivity contribution >= 4 is 5.91 Å². The first-order valence-corrected chi connectivity index (χ1v) is 8.17. The molecule has 2 heterocycles. The molecule has 1 aliphatic heterocycles. The van der Waals surface area contributed by atoms with Crippen LogP contribution in [0.15, 0.2) is 28.7 Å². The fourth-order valence-electron chi connectivity index (χ4n) is 2.19. The highest BCUT2D eigenvalue weighted by Crippen LogP contribution is 2.27. The van der Waals surface area contributed by atoms with E-state index in [9.17, 15) is 9.90 Å². The molecule has 0 saturated heterocycles. The number of hydrogen-bond acceptors (Lipinski definition) is 4. The van der Waals surface area contributed by atoms with Crippen LogP contribution >= 0.6 is 0 Å². The highest BCUT2D eigenvalue weighted by molar-refractivity contribution is 5.73. The van der Waals surface area contributed by atoms with Gasteiger partial charge in [0.2, 0.25) is 11.8 Å². The molecule has 126 valence electrons. The van der Waals surface area contributed by atoms with Crippen LogP contribution in [-0.4, -0.2) is 27.4 Å². The number of oxazole rings is 1. The van der Waals surface area contributed by atoms with Crippen LogP contribution in [0.2, 0.25) is 0 Å². The van der Waals surface area contributed by atoms with Gasteiger partial charge in [0.05, 0.1) is 6.54 Å². The van der Waals surface area contributed by atoms with Crippen LogP contribution < -0.4 is 0 Å². The molecule has 1 aromatic heterocycles. The Morgan fingerprint density at radius 2 is 1.78 bits per heavy atom. The van der Waals surface area contributed by atoms with Gasteiger partial charge in [-0.2, -0.15) is 0 Å². The van der Waals surface area contributed by atoms with Gasteiger partial charge in [-0.1, -0.05) is 27.7 Å². The molecule has 0 saturated carbocycles. The number of fused-ring (bicyclic) bond motifs is 1. The van der Waals surface area contributed by atoms with Gasteiger partial charge in [-0.25, -0.2) is 4.98 Å². The fraction of sp³-hybridized carbons (Fsp3) is 0.444. The molecular formula is C18H26N2O3. The highest BCUT2D eigenvalue weighted by atomic mass is 16.4. The number of carbonyl (C=O) groups excluding carboxylic acids is 1. The number of benzene rings is 1. The molecule has 0 radical (unpaired) electrons. The molecule has 23 heavy (non-hydrogen) atoms. The number of amides is 1. The number of phenols is 1. The predicted molar refractivity (Wildman–Crippen MR) is 91.1 cm³/mol. The maximum atomic E-state index is 11.4. The summed E-state index contributed by atoms with van der Waals surface area (Å²) >= 11 is 0. The third kappa shape index (κ3) is 4.58. The zero-order valence-corrected chi connectivity index (χ0v) is 14.6. The van der Waals surface area contributed by atoms with Crippen molar-refractivity contribution in [2.24, 2.45) is 0 Å². The molecule has 5 nitrogen and oxygen atoms in total. The summed E-state index contributed by atoms with van der Waals surface area (Å²) in [5, 5.41) is 9.27. The third-order valence-corrected chi connectivity index (χ3v) is 3.29. The summed E-state index contributed by atoms with van der Waals surface area (Å²) in [5.41, 5.74) is 1.64. The number of carbonyl (C=O) groups is 1. The number of aromatic nitrogens is 1. The number of hydrogen-bond donors (Lipinski definition) is 1. The van der Waals surface area contributed by atoms with Gasteiger partial charge in [-0.3, -0.25) is 4.79 Å². The van der Waals surface area contributed by atoms with Crippen LogP contribution in [-0.2, 0) is 17.8 Å². The number of phenolic OH excluding ortho intramolecular Hbond substituents is 1. The van der Waals surface area contributed by atoms with E-state index in [1.165, 1.54) is 0 Å². The Morgan fingerprint density at radius 3 is 2.35 bits per heavy atom. The predicted octanol–water partition coefficient (Wildman–Crippen LogP) is 4.00. The topological polar surface area (TPSA) is 66.6 Å². The van der Waals surface area contributed by atoms with Gasteiger partial charge in [0.25, 0.3) is 0 Å². The van der Waals surface area contributed by atoms with Crippen LogP contribution in [0.5, 0.6) is 5.75 Å². The van der Waals surface area contributed by atoms with Gasteiger partial charge in [0.1, 0.15) is 17.2 Å². The van der Waals surface area contributed by atoms with E-state index in [0.717, 1.165) is 17.0 Å². The lowest BCUT2D eigenvalue weighted by Gasteiger charge is -2.23. The molecule has 0 atom stereocenters. The Bertz CT molecular complexity index is 618. The standard InChI is InChI=1S/C14H14N2O3.2C2H6/c1-9(17)16-7-6-13-12(8-16)15-14(19-13)10-2-4-11(18)5-3-10;2*1-2/h2-5,18H,6-8H2,1H3;2*1-2H3. The van der Waals surface area contributed by atoms with Crippen molar-refractivity contribution in [2.75, 3.05) is 6.54 Å². The Balaban J connectivity index is 0.000000615. The van der Waals surface area contributed by atoms with E-state index in [1.807, 2.05) is 27.7 Å². The minimum Gasteiger partial charge on any atom is -0.508 e. The summed E-state index contributed by atoms with van der Waals surface area (Å²) in [6.07, 6.45) is 0.694. The lowest BCUT2D eigenvalue weighted by Crippen LogP contribution is -2.33. The van der Waals surface area contributed by atoms with E-state index in [1.54, 1.807) is 36.1 Å². The molecule has 1 aliphatic rings. The molecule has 1 amide bonds. The Hall–Kier alpha value is -2.30. The first-order chi connectivity index (χ1) is 11.1. The Labute approximate surface area is 138 Å². The summed E-state index contributed by atoms with van der Waals surface area (Å²) in [6, 6.07) is 6.71. The lowest BCUT2D eigenvalue weighted by atomic mass is 10.1. The van der Waals surface area contributed by atoms with Gasteiger partial charge >= 0.3 is 0 Å². The van der Waals surface area contributed by atoms with Crippen LogP contribution in [0.25, 0.3) is 11.5 Å². The molecule has 3 rings (SSSR count). The average molecular weight is 318 g/mol. The second kappa shape index (κ2) is 8.98. The Kier molecular flexibility index (Phi) is 7.32. The largest absolute Gasteiger partial charge is 0.508 e. The van der Waals surface area contributed by atoms with Crippen molar-refractivity contribution < 1.29 is 14.3 Å². The van der Waals surface area contributed by atoms with Crippen LogP contribution in [0.4, 0.5) is 0 Å². The van der Waals surface area contributed by atoms with E-state index in [4.69, 9.17) is 4.42 Å².